The van der Waals surface area contributed by atoms with Crippen molar-refractivity contribution in [2.24, 2.45) is 0 Å². The van der Waals surface area contributed by atoms with Crippen molar-refractivity contribution in [1.29, 1.82) is 0 Å². The minimum Gasteiger partial charge on any atom is -0.463 e. The third kappa shape index (κ3) is 4.76. The molecule has 168 valence electrons. The van der Waals surface area contributed by atoms with Crippen LogP contribution in [0.2, 0.25) is 0 Å². The molecule has 0 aliphatic carbocycles. The number of carbonyl (C=O) groups is 2. The predicted octanol–water partition coefficient (Wildman–Crippen LogP) is 2.58. The summed E-state index contributed by atoms with van der Waals surface area (Å²) in [6.07, 6.45) is 1.51. The number of fused-ring (bicyclic) bond motifs is 1. The van der Waals surface area contributed by atoms with E-state index in [9.17, 15) is 18.0 Å². The van der Waals surface area contributed by atoms with Gasteiger partial charge in [0.15, 0.2) is 5.76 Å². The molecule has 2 amide bonds. The predicted molar refractivity (Wildman–Crippen MR) is 121 cm³/mol. The Morgan fingerprint density at radius 2 is 1.70 bits per heavy atom. The molecule has 0 saturated carbocycles. The van der Waals surface area contributed by atoms with E-state index in [0.29, 0.717) is 22.4 Å². The van der Waals surface area contributed by atoms with Crippen LogP contribution in [-0.2, 0) is 14.8 Å². The number of likely N-dealkylation sites (N-methyl/N-ethyl adjacent to an activating group) is 1. The van der Waals surface area contributed by atoms with Gasteiger partial charge in [-0.05, 0) is 36.4 Å². The molecule has 0 radical (unpaired) electrons. The van der Waals surface area contributed by atoms with Crippen molar-refractivity contribution in [3.8, 4) is 11.5 Å². The molecular formula is C23H20N4O5S. The minimum atomic E-state index is -3.84. The number of pyridine rings is 1. The summed E-state index contributed by atoms with van der Waals surface area (Å²) in [6, 6.07) is 19.8. The van der Waals surface area contributed by atoms with Gasteiger partial charge in [0, 0.05) is 12.4 Å². The summed E-state index contributed by atoms with van der Waals surface area (Å²) in [6.45, 7) is -0.480. The summed E-state index contributed by atoms with van der Waals surface area (Å²) in [5, 5.41) is 0.586. The smallest absolute Gasteiger partial charge is 0.270 e. The molecule has 33 heavy (non-hydrogen) atoms. The van der Waals surface area contributed by atoms with E-state index in [2.05, 4.69) is 15.8 Å². The van der Waals surface area contributed by atoms with Gasteiger partial charge in [-0.3, -0.25) is 20.4 Å². The van der Waals surface area contributed by atoms with Crippen molar-refractivity contribution in [2.45, 2.75) is 4.90 Å². The number of carbonyl (C=O) groups excluding carboxylic acids is 2. The molecule has 0 aliphatic heterocycles. The summed E-state index contributed by atoms with van der Waals surface area (Å²) in [4.78, 5) is 29.8. The van der Waals surface area contributed by atoms with E-state index in [-0.39, 0.29) is 10.5 Å². The molecule has 0 atom stereocenters. The average molecular weight is 465 g/mol. The Hall–Kier alpha value is -4.02. The summed E-state index contributed by atoms with van der Waals surface area (Å²) >= 11 is 0. The van der Waals surface area contributed by atoms with E-state index in [1.54, 1.807) is 60.7 Å². The Bertz CT molecular complexity index is 1400. The van der Waals surface area contributed by atoms with Gasteiger partial charge >= 0.3 is 0 Å². The second-order valence-corrected chi connectivity index (χ2v) is 9.17. The standard InChI is InChI=1S/C23H20N4O5S/c1-27(33(30,31)16-8-3-2-4-9-16)15-22(28)25-26-23(29)18-14-20(21-12-7-13-32-21)24-19-11-6-5-10-17(18)19/h2-14H,15H2,1H3,(H,25,28)(H,26,29). The first-order chi connectivity index (χ1) is 15.9. The highest BCUT2D eigenvalue weighted by Crippen LogP contribution is 2.25. The zero-order valence-electron chi connectivity index (χ0n) is 17.6. The molecule has 4 aromatic rings. The highest BCUT2D eigenvalue weighted by molar-refractivity contribution is 7.89. The van der Waals surface area contributed by atoms with Crippen molar-refractivity contribution in [2.75, 3.05) is 13.6 Å². The molecule has 0 saturated heterocycles. The normalized spacial score (nSPS) is 11.5. The number of nitrogens with one attached hydrogen (secondary N) is 2. The van der Waals surface area contributed by atoms with Gasteiger partial charge in [-0.1, -0.05) is 36.4 Å². The molecule has 9 nitrogen and oxygen atoms in total. The molecule has 2 aromatic carbocycles. The lowest BCUT2D eigenvalue weighted by atomic mass is 10.1. The second kappa shape index (κ2) is 9.23. The highest BCUT2D eigenvalue weighted by Gasteiger charge is 2.23. The third-order valence-corrected chi connectivity index (χ3v) is 6.69. The van der Waals surface area contributed by atoms with Gasteiger partial charge in [0.2, 0.25) is 10.0 Å². The lowest BCUT2D eigenvalue weighted by molar-refractivity contribution is -0.121. The van der Waals surface area contributed by atoms with Gasteiger partial charge in [0.1, 0.15) is 5.69 Å². The van der Waals surface area contributed by atoms with Crippen LogP contribution in [0.3, 0.4) is 0 Å². The van der Waals surface area contributed by atoms with Crippen LogP contribution in [0.4, 0.5) is 0 Å². The molecule has 2 N–H and O–H groups in total. The lowest BCUT2D eigenvalue weighted by Crippen LogP contribution is -2.46. The first kappa shape index (κ1) is 22.2. The van der Waals surface area contributed by atoms with Crippen LogP contribution in [-0.4, -0.2) is 43.1 Å². The molecule has 10 heteroatoms. The highest BCUT2D eigenvalue weighted by atomic mass is 32.2. The number of rotatable bonds is 6. The van der Waals surface area contributed by atoms with Crippen molar-refractivity contribution >= 4 is 32.7 Å². The minimum absolute atomic E-state index is 0.0676. The summed E-state index contributed by atoms with van der Waals surface area (Å²) in [5.74, 6) is -0.787. The van der Waals surface area contributed by atoms with Gasteiger partial charge in [0.25, 0.3) is 11.8 Å². The van der Waals surface area contributed by atoms with Crippen LogP contribution in [0.1, 0.15) is 10.4 Å². The molecule has 0 spiro atoms. The molecule has 0 fully saturated rings. The van der Waals surface area contributed by atoms with Gasteiger partial charge in [-0.25, -0.2) is 13.4 Å². The summed E-state index contributed by atoms with van der Waals surface area (Å²) in [5.41, 5.74) is 5.93. The summed E-state index contributed by atoms with van der Waals surface area (Å²) in [7, 11) is -2.56. The van der Waals surface area contributed by atoms with Crippen molar-refractivity contribution < 1.29 is 22.4 Å². The average Bonchev–Trinajstić information content (AvgIpc) is 3.37. The van der Waals surface area contributed by atoms with Crippen molar-refractivity contribution in [3.63, 3.8) is 0 Å². The number of hydrogen-bond acceptors (Lipinski definition) is 6. The topological polar surface area (TPSA) is 122 Å². The van der Waals surface area contributed by atoms with E-state index in [4.69, 9.17) is 4.42 Å². The maximum absolute atomic E-state index is 12.9. The fourth-order valence-electron chi connectivity index (χ4n) is 3.21. The van der Waals surface area contributed by atoms with Crippen LogP contribution >= 0.6 is 0 Å². The van der Waals surface area contributed by atoms with Gasteiger partial charge in [-0.2, -0.15) is 4.31 Å². The zero-order valence-corrected chi connectivity index (χ0v) is 18.4. The quantitative estimate of drug-likeness (QED) is 0.423. The van der Waals surface area contributed by atoms with E-state index in [0.717, 1.165) is 4.31 Å². The van der Waals surface area contributed by atoms with Crippen LogP contribution in [0.15, 0.2) is 88.4 Å². The third-order valence-electron chi connectivity index (χ3n) is 4.87. The van der Waals surface area contributed by atoms with E-state index in [1.807, 2.05) is 0 Å². The summed E-state index contributed by atoms with van der Waals surface area (Å²) < 4.78 is 31.4. The van der Waals surface area contributed by atoms with Crippen molar-refractivity contribution in [1.82, 2.24) is 20.1 Å². The number of amides is 2. The molecule has 2 heterocycles. The number of nitrogens with zero attached hydrogens (tertiary/aromatic N) is 2. The Morgan fingerprint density at radius 3 is 2.42 bits per heavy atom. The molecule has 0 aliphatic rings. The number of aromatic nitrogens is 1. The Kier molecular flexibility index (Phi) is 6.20. The maximum atomic E-state index is 12.9. The Labute approximate surface area is 190 Å². The molecule has 2 aromatic heterocycles. The number of furan rings is 1. The molecule has 4 rings (SSSR count). The van der Waals surface area contributed by atoms with Gasteiger partial charge < -0.3 is 4.42 Å². The molecular weight excluding hydrogens is 444 g/mol. The number of para-hydroxylation sites is 1. The fourth-order valence-corrected chi connectivity index (χ4v) is 4.35. The first-order valence-electron chi connectivity index (χ1n) is 9.90. The Morgan fingerprint density at radius 1 is 0.970 bits per heavy atom. The monoisotopic (exact) mass is 464 g/mol. The van der Waals surface area contributed by atoms with E-state index >= 15 is 0 Å². The van der Waals surface area contributed by atoms with Crippen LogP contribution < -0.4 is 10.9 Å². The fraction of sp³-hybridized carbons (Fsp3) is 0.0870. The van der Waals surface area contributed by atoms with Gasteiger partial charge in [-0.15, -0.1) is 0 Å². The number of benzene rings is 2. The van der Waals surface area contributed by atoms with Crippen LogP contribution in [0, 0.1) is 0 Å². The number of sulfonamides is 1. The number of hydrazine groups is 1. The van der Waals surface area contributed by atoms with Crippen LogP contribution in [0.5, 0.6) is 0 Å². The first-order valence-corrected chi connectivity index (χ1v) is 11.3. The second-order valence-electron chi connectivity index (χ2n) is 7.13. The zero-order chi connectivity index (χ0) is 23.4. The maximum Gasteiger partial charge on any atom is 0.270 e. The van der Waals surface area contributed by atoms with Gasteiger partial charge in [0.05, 0.1) is 28.8 Å². The van der Waals surface area contributed by atoms with E-state index in [1.165, 1.54) is 25.4 Å². The van der Waals surface area contributed by atoms with E-state index < -0.39 is 28.4 Å². The van der Waals surface area contributed by atoms with Crippen LogP contribution in [0.25, 0.3) is 22.4 Å². The SMILES string of the molecule is CN(CC(=O)NNC(=O)c1cc(-c2ccco2)nc2ccccc12)S(=O)(=O)c1ccccc1. The molecule has 0 unspecified atom stereocenters. The largest absolute Gasteiger partial charge is 0.463 e. The Balaban J connectivity index is 1.48. The molecule has 0 bridgehead atoms. The lowest BCUT2D eigenvalue weighted by Gasteiger charge is -2.17. The van der Waals surface area contributed by atoms with Crippen molar-refractivity contribution in [3.05, 3.63) is 84.6 Å². The number of hydrogen-bond donors (Lipinski definition) is 2.